The topological polar surface area (TPSA) is 64.1 Å². The van der Waals surface area contributed by atoms with E-state index in [9.17, 15) is 5.11 Å². The highest BCUT2D eigenvalue weighted by molar-refractivity contribution is 5.85. The van der Waals surface area contributed by atoms with Gasteiger partial charge in [0, 0.05) is 28.9 Å². The first-order valence-corrected chi connectivity index (χ1v) is 9.47. The highest BCUT2D eigenvalue weighted by Gasteiger charge is 2.20. The van der Waals surface area contributed by atoms with E-state index in [1.54, 1.807) is 18.7 Å². The Balaban J connectivity index is 1.62. The molecule has 3 heterocycles. The molecule has 0 saturated carbocycles. The van der Waals surface area contributed by atoms with Crippen LogP contribution in [0.25, 0.3) is 33.7 Å². The third-order valence-corrected chi connectivity index (χ3v) is 4.98. The molecule has 0 saturated heterocycles. The first-order valence-electron chi connectivity index (χ1n) is 9.47. The Morgan fingerprint density at radius 2 is 1.79 bits per heavy atom. The second-order valence-electron chi connectivity index (χ2n) is 6.91. The molecule has 0 bridgehead atoms. The molecule has 0 aliphatic heterocycles. The number of aliphatic hydroxyl groups is 1. The Morgan fingerprint density at radius 1 is 0.966 bits per heavy atom. The molecule has 1 N–H and O–H groups in total. The van der Waals surface area contributed by atoms with Gasteiger partial charge in [-0.15, -0.1) is 0 Å². The summed E-state index contributed by atoms with van der Waals surface area (Å²) in [5.74, 6) is 0.723. The monoisotopic (exact) mass is 381 g/mol. The van der Waals surface area contributed by atoms with Gasteiger partial charge in [-0.25, -0.2) is 4.98 Å². The van der Waals surface area contributed by atoms with E-state index in [-0.39, 0.29) is 0 Å². The van der Waals surface area contributed by atoms with E-state index in [2.05, 4.69) is 9.97 Å². The highest BCUT2D eigenvalue weighted by atomic mass is 16.3. The van der Waals surface area contributed by atoms with Crippen LogP contribution in [0.4, 0.5) is 0 Å². The number of aromatic nitrogens is 3. The minimum Gasteiger partial charge on any atom is -0.454 e. The Hall–Kier alpha value is -3.70. The molecule has 5 aromatic rings. The van der Waals surface area contributed by atoms with Crippen molar-refractivity contribution in [1.29, 1.82) is 0 Å². The number of furan rings is 1. The van der Waals surface area contributed by atoms with Gasteiger partial charge in [0.2, 0.25) is 0 Å². The van der Waals surface area contributed by atoms with Gasteiger partial charge in [0.15, 0.2) is 5.76 Å². The lowest BCUT2D eigenvalue weighted by atomic mass is 10.1. The van der Waals surface area contributed by atoms with E-state index in [0.717, 1.165) is 39.2 Å². The van der Waals surface area contributed by atoms with Crippen molar-refractivity contribution in [3.8, 4) is 22.7 Å². The predicted octanol–water partition coefficient (Wildman–Crippen LogP) is 5.09. The number of fused-ring (bicyclic) bond motifs is 1. The summed E-state index contributed by atoms with van der Waals surface area (Å²) >= 11 is 0. The quantitative estimate of drug-likeness (QED) is 0.460. The first-order chi connectivity index (χ1) is 14.3. The van der Waals surface area contributed by atoms with Crippen LogP contribution in [-0.4, -0.2) is 19.6 Å². The number of nitrogens with zero attached hydrogens (tertiary/aromatic N) is 3. The van der Waals surface area contributed by atoms with Gasteiger partial charge in [-0.2, -0.15) is 0 Å². The van der Waals surface area contributed by atoms with E-state index < -0.39 is 6.10 Å². The SMILES string of the molecule is O[C@H](Cn1cnc(-c2ccccc2)c1-c1cc2ccccc2o1)c1cccnc1. The van der Waals surface area contributed by atoms with E-state index in [0.29, 0.717) is 6.54 Å². The van der Waals surface area contributed by atoms with E-state index in [1.807, 2.05) is 77.4 Å². The van der Waals surface area contributed by atoms with Crippen LogP contribution >= 0.6 is 0 Å². The Morgan fingerprint density at radius 3 is 2.59 bits per heavy atom. The fraction of sp³-hybridized carbons (Fsp3) is 0.0833. The minimum absolute atomic E-state index is 0.345. The van der Waals surface area contributed by atoms with Crippen molar-refractivity contribution >= 4 is 11.0 Å². The predicted molar refractivity (Wildman–Crippen MR) is 112 cm³/mol. The average molecular weight is 381 g/mol. The van der Waals surface area contributed by atoms with Crippen molar-refractivity contribution in [3.05, 3.63) is 97.1 Å². The molecular weight excluding hydrogens is 362 g/mol. The lowest BCUT2D eigenvalue weighted by molar-refractivity contribution is 0.156. The summed E-state index contributed by atoms with van der Waals surface area (Å²) in [5.41, 5.74) is 4.25. The van der Waals surface area contributed by atoms with Gasteiger partial charge in [-0.05, 0) is 18.2 Å². The Labute approximate surface area is 167 Å². The van der Waals surface area contributed by atoms with Gasteiger partial charge < -0.3 is 14.1 Å². The summed E-state index contributed by atoms with van der Waals surface area (Å²) in [5, 5.41) is 11.8. The molecule has 0 radical (unpaired) electrons. The number of hydrogen-bond acceptors (Lipinski definition) is 4. The molecule has 5 heteroatoms. The Bertz CT molecular complexity index is 1210. The van der Waals surface area contributed by atoms with E-state index in [4.69, 9.17) is 4.42 Å². The second-order valence-corrected chi connectivity index (χ2v) is 6.91. The van der Waals surface area contributed by atoms with Gasteiger partial charge in [-0.1, -0.05) is 54.6 Å². The highest BCUT2D eigenvalue weighted by Crippen LogP contribution is 2.35. The molecule has 0 fully saturated rings. The number of benzene rings is 2. The van der Waals surface area contributed by atoms with Gasteiger partial charge in [0.1, 0.15) is 11.3 Å². The van der Waals surface area contributed by atoms with Crippen molar-refractivity contribution < 1.29 is 9.52 Å². The lowest BCUT2D eigenvalue weighted by Crippen LogP contribution is -2.09. The average Bonchev–Trinajstić information content (AvgIpc) is 3.38. The third-order valence-electron chi connectivity index (χ3n) is 4.98. The maximum Gasteiger partial charge on any atom is 0.154 e. The number of rotatable bonds is 5. The zero-order valence-corrected chi connectivity index (χ0v) is 15.6. The number of pyridine rings is 1. The van der Waals surface area contributed by atoms with Crippen molar-refractivity contribution in [1.82, 2.24) is 14.5 Å². The van der Waals surface area contributed by atoms with Crippen LogP contribution in [0.1, 0.15) is 11.7 Å². The van der Waals surface area contributed by atoms with Crippen molar-refractivity contribution in [2.24, 2.45) is 0 Å². The molecule has 0 amide bonds. The normalized spacial score (nSPS) is 12.3. The van der Waals surface area contributed by atoms with Crippen LogP contribution < -0.4 is 0 Å². The van der Waals surface area contributed by atoms with Crippen LogP contribution in [-0.2, 0) is 6.54 Å². The maximum absolute atomic E-state index is 10.7. The third kappa shape index (κ3) is 3.32. The zero-order chi connectivity index (χ0) is 19.6. The zero-order valence-electron chi connectivity index (χ0n) is 15.6. The molecule has 0 spiro atoms. The summed E-state index contributed by atoms with van der Waals surface area (Å²) in [6.45, 7) is 0.345. The smallest absolute Gasteiger partial charge is 0.154 e. The maximum atomic E-state index is 10.7. The van der Waals surface area contributed by atoms with Crippen molar-refractivity contribution in [2.45, 2.75) is 12.6 Å². The van der Waals surface area contributed by atoms with Crippen LogP contribution in [0.2, 0.25) is 0 Å². The summed E-state index contributed by atoms with van der Waals surface area (Å²) in [4.78, 5) is 8.76. The molecular formula is C24H19N3O2. The molecule has 0 aliphatic carbocycles. The number of imidazole rings is 1. The molecule has 0 unspecified atom stereocenters. The lowest BCUT2D eigenvalue weighted by Gasteiger charge is -2.14. The van der Waals surface area contributed by atoms with Crippen molar-refractivity contribution in [2.75, 3.05) is 0 Å². The molecule has 5 rings (SSSR count). The molecule has 3 aromatic heterocycles. The van der Waals surface area contributed by atoms with E-state index in [1.165, 1.54) is 0 Å². The Kier molecular flexibility index (Phi) is 4.42. The van der Waals surface area contributed by atoms with Crippen molar-refractivity contribution in [3.63, 3.8) is 0 Å². The largest absolute Gasteiger partial charge is 0.454 e. The minimum atomic E-state index is -0.704. The fourth-order valence-corrected chi connectivity index (χ4v) is 3.55. The van der Waals surface area contributed by atoms with Crippen LogP contribution in [0, 0.1) is 0 Å². The number of aliphatic hydroxyl groups excluding tert-OH is 1. The molecule has 29 heavy (non-hydrogen) atoms. The van der Waals surface area contributed by atoms with Gasteiger partial charge in [-0.3, -0.25) is 4.98 Å². The van der Waals surface area contributed by atoms with Crippen LogP contribution in [0.5, 0.6) is 0 Å². The van der Waals surface area contributed by atoms with Gasteiger partial charge in [0.25, 0.3) is 0 Å². The van der Waals surface area contributed by atoms with Crippen LogP contribution in [0.15, 0.2) is 95.9 Å². The van der Waals surface area contributed by atoms with Gasteiger partial charge >= 0.3 is 0 Å². The number of para-hydroxylation sites is 1. The second kappa shape index (κ2) is 7.37. The van der Waals surface area contributed by atoms with Gasteiger partial charge in [0.05, 0.1) is 24.7 Å². The summed E-state index contributed by atoms with van der Waals surface area (Å²) in [7, 11) is 0. The first kappa shape index (κ1) is 17.4. The van der Waals surface area contributed by atoms with Crippen LogP contribution in [0.3, 0.4) is 0 Å². The molecule has 5 nitrogen and oxygen atoms in total. The summed E-state index contributed by atoms with van der Waals surface area (Å²) < 4.78 is 8.09. The molecule has 142 valence electrons. The number of hydrogen-bond donors (Lipinski definition) is 1. The summed E-state index contributed by atoms with van der Waals surface area (Å²) in [6, 6.07) is 23.6. The molecule has 0 aliphatic rings. The molecule has 2 aromatic carbocycles. The standard InChI is InChI=1S/C24H19N3O2/c28-20(19-10-6-12-25-14-19)15-27-16-26-23(17-7-2-1-3-8-17)24(27)22-13-18-9-4-5-11-21(18)29-22/h1-14,16,20,28H,15H2/t20-/m1/s1. The summed E-state index contributed by atoms with van der Waals surface area (Å²) in [6.07, 6.45) is 4.43. The van der Waals surface area contributed by atoms with E-state index >= 15 is 0 Å². The fourth-order valence-electron chi connectivity index (χ4n) is 3.55. The molecule has 1 atom stereocenters.